The molecular weight excluding hydrogens is 312 g/mol. The van der Waals surface area contributed by atoms with Gasteiger partial charge in [-0.05, 0) is 25.0 Å². The Morgan fingerprint density at radius 3 is 1.50 bits per heavy atom. The van der Waals surface area contributed by atoms with E-state index in [4.69, 9.17) is 9.47 Å². The second-order valence-corrected chi connectivity index (χ2v) is 5.62. The SMILES string of the molecule is C=CC(=O)CC(O)COCCCCCCOCC(O)CC(=O)C=C. The Balaban J connectivity index is 3.33. The van der Waals surface area contributed by atoms with Crippen LogP contribution < -0.4 is 0 Å². The molecule has 0 aliphatic carbocycles. The second kappa shape index (κ2) is 15.2. The quantitative estimate of drug-likeness (QED) is 0.308. The topological polar surface area (TPSA) is 93.1 Å². The normalized spacial score (nSPS) is 13.2. The van der Waals surface area contributed by atoms with E-state index in [9.17, 15) is 19.8 Å². The summed E-state index contributed by atoms with van der Waals surface area (Å²) in [6, 6.07) is 0. The van der Waals surface area contributed by atoms with Crippen LogP contribution in [-0.2, 0) is 19.1 Å². The van der Waals surface area contributed by atoms with Gasteiger partial charge in [0.25, 0.3) is 0 Å². The molecule has 6 heteroatoms. The molecule has 0 saturated carbocycles. The lowest BCUT2D eigenvalue weighted by Gasteiger charge is -2.10. The summed E-state index contributed by atoms with van der Waals surface area (Å²) in [5.74, 6) is -0.379. The maximum atomic E-state index is 11.0. The molecule has 0 heterocycles. The van der Waals surface area contributed by atoms with E-state index in [2.05, 4.69) is 13.2 Å². The number of hydrogen-bond acceptors (Lipinski definition) is 6. The van der Waals surface area contributed by atoms with E-state index in [1.165, 1.54) is 12.2 Å². The van der Waals surface area contributed by atoms with Gasteiger partial charge in [-0.2, -0.15) is 0 Å². The molecule has 0 saturated heterocycles. The van der Waals surface area contributed by atoms with Gasteiger partial charge in [-0.3, -0.25) is 9.59 Å². The number of ketones is 2. The van der Waals surface area contributed by atoms with Gasteiger partial charge in [0.2, 0.25) is 0 Å². The van der Waals surface area contributed by atoms with E-state index in [0.29, 0.717) is 13.2 Å². The monoisotopic (exact) mass is 342 g/mol. The average Bonchev–Trinajstić information content (AvgIpc) is 2.56. The lowest BCUT2D eigenvalue weighted by molar-refractivity contribution is -0.118. The minimum Gasteiger partial charge on any atom is -0.390 e. The third-order valence-electron chi connectivity index (χ3n) is 3.28. The summed E-state index contributed by atoms with van der Waals surface area (Å²) >= 11 is 0. The largest absolute Gasteiger partial charge is 0.390 e. The molecule has 0 aliphatic rings. The van der Waals surface area contributed by atoms with Crippen molar-refractivity contribution >= 4 is 11.6 Å². The Hall–Kier alpha value is -1.34. The smallest absolute Gasteiger partial charge is 0.157 e. The highest BCUT2D eigenvalue weighted by Gasteiger charge is 2.09. The maximum absolute atomic E-state index is 11.0. The highest BCUT2D eigenvalue weighted by atomic mass is 16.5. The van der Waals surface area contributed by atoms with Crippen LogP contribution in [0.2, 0.25) is 0 Å². The number of hydrogen-bond donors (Lipinski definition) is 2. The van der Waals surface area contributed by atoms with Gasteiger partial charge in [0.15, 0.2) is 11.6 Å². The number of rotatable bonds is 17. The molecule has 2 unspecified atom stereocenters. The molecule has 0 radical (unpaired) electrons. The standard InChI is InChI=1S/C18H30O6/c1-3-15(19)11-17(21)13-23-9-7-5-6-8-10-24-14-18(22)12-16(20)4-2/h3-4,17-18,21-22H,1-2,5-14H2. The van der Waals surface area contributed by atoms with Crippen molar-refractivity contribution < 1.29 is 29.3 Å². The molecule has 138 valence electrons. The molecule has 0 aromatic rings. The second-order valence-electron chi connectivity index (χ2n) is 5.62. The van der Waals surface area contributed by atoms with Gasteiger partial charge in [0, 0.05) is 26.1 Å². The van der Waals surface area contributed by atoms with Crippen LogP contribution in [0.25, 0.3) is 0 Å². The zero-order chi connectivity index (χ0) is 18.2. The number of allylic oxidation sites excluding steroid dienone is 2. The van der Waals surface area contributed by atoms with Crippen molar-refractivity contribution in [1.82, 2.24) is 0 Å². The first-order valence-electron chi connectivity index (χ1n) is 8.31. The Labute approximate surface area is 144 Å². The van der Waals surface area contributed by atoms with Crippen LogP contribution in [0.4, 0.5) is 0 Å². The van der Waals surface area contributed by atoms with E-state index in [1.807, 2.05) is 0 Å². The van der Waals surface area contributed by atoms with E-state index in [1.54, 1.807) is 0 Å². The first-order chi connectivity index (χ1) is 11.5. The Morgan fingerprint density at radius 1 is 0.792 bits per heavy atom. The van der Waals surface area contributed by atoms with Gasteiger partial charge < -0.3 is 19.7 Å². The van der Waals surface area contributed by atoms with Crippen LogP contribution in [-0.4, -0.2) is 60.4 Å². The first-order valence-corrected chi connectivity index (χ1v) is 8.31. The molecular formula is C18H30O6. The van der Waals surface area contributed by atoms with Crippen LogP contribution in [0.1, 0.15) is 38.5 Å². The summed E-state index contributed by atoms with van der Waals surface area (Å²) in [5, 5.41) is 19.0. The van der Waals surface area contributed by atoms with Crippen molar-refractivity contribution in [2.75, 3.05) is 26.4 Å². The van der Waals surface area contributed by atoms with Crippen molar-refractivity contribution in [2.45, 2.75) is 50.7 Å². The van der Waals surface area contributed by atoms with Gasteiger partial charge in [-0.15, -0.1) is 0 Å². The Bertz CT molecular complexity index is 344. The van der Waals surface area contributed by atoms with Gasteiger partial charge >= 0.3 is 0 Å². The number of aliphatic hydroxyl groups is 2. The number of carbonyl (C=O) groups is 2. The van der Waals surface area contributed by atoms with Gasteiger partial charge in [-0.1, -0.05) is 26.0 Å². The molecule has 0 aromatic heterocycles. The number of ether oxygens (including phenoxy) is 2. The number of aliphatic hydroxyl groups excluding tert-OH is 2. The fourth-order valence-corrected chi connectivity index (χ4v) is 1.95. The fourth-order valence-electron chi connectivity index (χ4n) is 1.95. The lowest BCUT2D eigenvalue weighted by atomic mass is 10.2. The summed E-state index contributed by atoms with van der Waals surface area (Å²) in [5.41, 5.74) is 0. The average molecular weight is 342 g/mol. The predicted molar refractivity (Wildman–Crippen MR) is 91.8 cm³/mol. The molecule has 0 bridgehead atoms. The molecule has 0 spiro atoms. The highest BCUT2D eigenvalue weighted by Crippen LogP contribution is 2.03. The van der Waals surface area contributed by atoms with Crippen molar-refractivity contribution in [3.05, 3.63) is 25.3 Å². The molecule has 6 nitrogen and oxygen atoms in total. The van der Waals surface area contributed by atoms with Crippen molar-refractivity contribution in [2.24, 2.45) is 0 Å². The number of carbonyl (C=O) groups excluding carboxylic acids is 2. The predicted octanol–water partition coefficient (Wildman–Crippen LogP) is 1.59. The molecule has 0 fully saturated rings. The van der Waals surface area contributed by atoms with E-state index >= 15 is 0 Å². The molecule has 0 aromatic carbocycles. The molecule has 2 N–H and O–H groups in total. The van der Waals surface area contributed by atoms with Crippen molar-refractivity contribution in [3.8, 4) is 0 Å². The zero-order valence-corrected chi connectivity index (χ0v) is 14.3. The summed E-state index contributed by atoms with van der Waals surface area (Å²) in [7, 11) is 0. The van der Waals surface area contributed by atoms with E-state index < -0.39 is 12.2 Å². The maximum Gasteiger partial charge on any atom is 0.157 e. The Morgan fingerprint density at radius 2 is 1.17 bits per heavy atom. The summed E-state index contributed by atoms with van der Waals surface area (Å²) < 4.78 is 10.6. The van der Waals surface area contributed by atoms with Crippen molar-refractivity contribution in [3.63, 3.8) is 0 Å². The zero-order valence-electron chi connectivity index (χ0n) is 14.3. The van der Waals surface area contributed by atoms with Crippen LogP contribution >= 0.6 is 0 Å². The highest BCUT2D eigenvalue weighted by molar-refractivity contribution is 5.89. The molecule has 0 amide bonds. The van der Waals surface area contributed by atoms with E-state index in [-0.39, 0.29) is 37.6 Å². The molecule has 0 aliphatic heterocycles. The van der Waals surface area contributed by atoms with Gasteiger partial charge in [-0.25, -0.2) is 0 Å². The van der Waals surface area contributed by atoms with Gasteiger partial charge in [0.1, 0.15) is 0 Å². The van der Waals surface area contributed by atoms with Crippen molar-refractivity contribution in [1.29, 1.82) is 0 Å². The summed E-state index contributed by atoms with van der Waals surface area (Å²) in [6.45, 7) is 8.10. The molecule has 2 atom stereocenters. The first kappa shape index (κ1) is 22.7. The lowest BCUT2D eigenvalue weighted by Crippen LogP contribution is -2.19. The van der Waals surface area contributed by atoms with Crippen LogP contribution in [0.15, 0.2) is 25.3 Å². The van der Waals surface area contributed by atoms with Crippen LogP contribution in [0, 0.1) is 0 Å². The summed E-state index contributed by atoms with van der Waals surface area (Å²) in [6.07, 6.45) is 4.63. The third-order valence-corrected chi connectivity index (χ3v) is 3.28. The molecule has 24 heavy (non-hydrogen) atoms. The minimum atomic E-state index is -0.775. The molecule has 0 rings (SSSR count). The van der Waals surface area contributed by atoms with Crippen LogP contribution in [0.3, 0.4) is 0 Å². The third kappa shape index (κ3) is 14.3. The summed E-state index contributed by atoms with van der Waals surface area (Å²) in [4.78, 5) is 22.0. The van der Waals surface area contributed by atoms with E-state index in [0.717, 1.165) is 25.7 Å². The number of unbranched alkanes of at least 4 members (excludes halogenated alkanes) is 3. The van der Waals surface area contributed by atoms with Crippen LogP contribution in [0.5, 0.6) is 0 Å². The Kier molecular flexibility index (Phi) is 14.4. The minimum absolute atomic E-state index is 0.0467. The van der Waals surface area contributed by atoms with Gasteiger partial charge in [0.05, 0.1) is 25.4 Å². The fraction of sp³-hybridized carbons (Fsp3) is 0.667.